The summed E-state index contributed by atoms with van der Waals surface area (Å²) in [5.74, 6) is 0.201. The second kappa shape index (κ2) is 13.0. The lowest BCUT2D eigenvalue weighted by molar-refractivity contribution is -0.276. The lowest BCUT2D eigenvalue weighted by atomic mass is 9.89. The van der Waals surface area contributed by atoms with E-state index in [1.807, 2.05) is 18.2 Å². The number of nitrogens with two attached hydrogens (primary N) is 1. The van der Waals surface area contributed by atoms with Gasteiger partial charge in [-0.3, -0.25) is 0 Å². The first-order valence-electron chi connectivity index (χ1n) is 14.3. The topological polar surface area (TPSA) is 68.0 Å². The molecule has 5 nitrogen and oxygen atoms in total. The third-order valence-corrected chi connectivity index (χ3v) is 8.24. The Labute approximate surface area is 227 Å². The second-order valence-corrected chi connectivity index (χ2v) is 10.9. The number of benzene rings is 3. The van der Waals surface area contributed by atoms with Gasteiger partial charge in [-0.2, -0.15) is 0 Å². The zero-order valence-corrected chi connectivity index (χ0v) is 22.6. The van der Waals surface area contributed by atoms with Crippen LogP contribution < -0.4 is 5.73 Å². The van der Waals surface area contributed by atoms with E-state index in [9.17, 15) is 5.11 Å². The third-order valence-electron chi connectivity index (χ3n) is 8.24. The van der Waals surface area contributed by atoms with Gasteiger partial charge in [0.1, 0.15) is 0 Å². The molecule has 3 N–H and O–H groups in total. The largest absolute Gasteiger partial charge is 0.392 e. The van der Waals surface area contributed by atoms with Crippen LogP contribution in [0.3, 0.4) is 0 Å². The van der Waals surface area contributed by atoms with Crippen molar-refractivity contribution >= 4 is 0 Å². The normalized spacial score (nSPS) is 25.0. The summed E-state index contributed by atoms with van der Waals surface area (Å²) < 4.78 is 13.4. The molecule has 202 valence electrons. The lowest BCUT2D eigenvalue weighted by Crippen LogP contribution is -2.45. The molecule has 3 aromatic rings. The predicted octanol–water partition coefficient (Wildman–Crippen LogP) is 6.36. The fourth-order valence-corrected chi connectivity index (χ4v) is 5.88. The van der Waals surface area contributed by atoms with Crippen molar-refractivity contribution in [3.63, 3.8) is 0 Å². The van der Waals surface area contributed by atoms with Gasteiger partial charge in [0, 0.05) is 24.6 Å². The number of hydrogen-bond acceptors (Lipinski definition) is 5. The maximum absolute atomic E-state index is 9.52. The van der Waals surface area contributed by atoms with Gasteiger partial charge < -0.3 is 25.2 Å². The van der Waals surface area contributed by atoms with Crippen molar-refractivity contribution in [2.24, 2.45) is 11.7 Å². The Balaban J connectivity index is 1.40. The quantitative estimate of drug-likeness (QED) is 0.384. The van der Waals surface area contributed by atoms with Crippen molar-refractivity contribution in [3.05, 3.63) is 95.1 Å². The Morgan fingerprint density at radius 1 is 0.816 bits per heavy atom. The van der Waals surface area contributed by atoms with Gasteiger partial charge in [-0.1, -0.05) is 99.0 Å². The Hall–Kier alpha value is -2.54. The number of nitrogens with zero attached hydrogens (tertiary/aromatic N) is 1. The fourth-order valence-electron chi connectivity index (χ4n) is 5.88. The smallest absolute Gasteiger partial charge is 0.184 e. The first-order chi connectivity index (χ1) is 18.7. The van der Waals surface area contributed by atoms with Gasteiger partial charge in [0.15, 0.2) is 6.29 Å². The van der Waals surface area contributed by atoms with Crippen molar-refractivity contribution in [1.29, 1.82) is 0 Å². The highest BCUT2D eigenvalue weighted by atomic mass is 16.7. The molecule has 2 aliphatic heterocycles. The molecular formula is C33H42N2O3. The van der Waals surface area contributed by atoms with E-state index in [4.69, 9.17) is 15.2 Å². The number of likely N-dealkylation sites (tertiary alicyclic amines) is 1. The first-order valence-corrected chi connectivity index (χ1v) is 14.3. The Morgan fingerprint density at radius 2 is 1.47 bits per heavy atom. The van der Waals surface area contributed by atoms with Crippen LogP contribution in [0.4, 0.5) is 0 Å². The van der Waals surface area contributed by atoms with E-state index in [0.29, 0.717) is 6.54 Å². The molecule has 2 heterocycles. The van der Waals surface area contributed by atoms with Crippen LogP contribution >= 0.6 is 0 Å². The van der Waals surface area contributed by atoms with Gasteiger partial charge in [-0.25, -0.2) is 0 Å². The second-order valence-electron chi connectivity index (χ2n) is 10.9. The molecule has 38 heavy (non-hydrogen) atoms. The summed E-state index contributed by atoms with van der Waals surface area (Å²) >= 11 is 0. The fraction of sp³-hybridized carbons (Fsp3) is 0.455. The summed E-state index contributed by atoms with van der Waals surface area (Å²) in [6, 6.07) is 25.0. The van der Waals surface area contributed by atoms with E-state index in [1.165, 1.54) is 32.1 Å². The van der Waals surface area contributed by atoms with Gasteiger partial charge in [-0.15, -0.1) is 0 Å². The van der Waals surface area contributed by atoms with Crippen molar-refractivity contribution in [1.82, 2.24) is 4.90 Å². The van der Waals surface area contributed by atoms with Crippen LogP contribution in [0.15, 0.2) is 72.8 Å². The van der Waals surface area contributed by atoms with E-state index < -0.39 is 6.29 Å². The highest BCUT2D eigenvalue weighted by molar-refractivity contribution is 5.67. The highest BCUT2D eigenvalue weighted by Crippen LogP contribution is 2.42. The van der Waals surface area contributed by atoms with Crippen LogP contribution in [0.1, 0.15) is 73.7 Å². The molecule has 5 heteroatoms. The molecule has 0 spiro atoms. The number of ether oxygens (including phenoxy) is 2. The van der Waals surface area contributed by atoms with Crippen LogP contribution in [0.2, 0.25) is 0 Å². The molecule has 2 aliphatic rings. The van der Waals surface area contributed by atoms with E-state index in [0.717, 1.165) is 53.0 Å². The van der Waals surface area contributed by atoms with Gasteiger partial charge in [0.2, 0.25) is 0 Å². The van der Waals surface area contributed by atoms with Gasteiger partial charge >= 0.3 is 0 Å². The molecule has 0 amide bonds. The SMILES string of the molecule is CC1C(CN2CCCCCCC2)OC(c2ccc(-c3ccccc3CN)cc2)OC1c1ccc(CO)cc1. The van der Waals surface area contributed by atoms with E-state index in [1.54, 1.807) is 0 Å². The first kappa shape index (κ1) is 27.0. The average Bonchev–Trinajstić information content (AvgIpc) is 2.95. The van der Waals surface area contributed by atoms with Crippen LogP contribution in [-0.4, -0.2) is 35.7 Å². The molecule has 0 saturated carbocycles. The zero-order chi connectivity index (χ0) is 26.3. The number of aliphatic hydroxyl groups excluding tert-OH is 1. The third kappa shape index (κ3) is 6.36. The standard InChI is InChI=1S/C33H42N2O3/c1-24-31(22-35-19-7-3-2-4-8-20-35)37-33(38-32(24)27-13-11-25(23-36)12-14-27)28-17-15-26(16-18-28)30-10-6-5-9-29(30)21-34/h5-6,9-18,24,31-33,36H,2-4,7-8,19-23,34H2,1H3. The summed E-state index contributed by atoms with van der Waals surface area (Å²) in [5.41, 5.74) is 12.5. The van der Waals surface area contributed by atoms with Crippen LogP contribution in [0.25, 0.3) is 11.1 Å². The summed E-state index contributed by atoms with van der Waals surface area (Å²) in [6.07, 6.45) is 6.07. The van der Waals surface area contributed by atoms with Gasteiger partial charge in [0.25, 0.3) is 0 Å². The minimum atomic E-state index is -0.438. The molecule has 4 atom stereocenters. The maximum Gasteiger partial charge on any atom is 0.184 e. The van der Waals surface area contributed by atoms with Crippen LogP contribution in [0, 0.1) is 5.92 Å². The van der Waals surface area contributed by atoms with E-state index in [-0.39, 0.29) is 24.7 Å². The molecule has 0 bridgehead atoms. The molecule has 2 saturated heterocycles. The summed E-state index contributed by atoms with van der Waals surface area (Å²) in [7, 11) is 0. The molecular weight excluding hydrogens is 472 g/mol. The Morgan fingerprint density at radius 3 is 2.16 bits per heavy atom. The predicted molar refractivity (Wildman–Crippen MR) is 152 cm³/mol. The molecule has 0 aromatic heterocycles. The average molecular weight is 515 g/mol. The number of rotatable bonds is 7. The minimum Gasteiger partial charge on any atom is -0.392 e. The van der Waals surface area contributed by atoms with E-state index in [2.05, 4.69) is 66.4 Å². The number of aliphatic hydroxyl groups is 1. The molecule has 4 unspecified atom stereocenters. The lowest BCUT2D eigenvalue weighted by Gasteiger charge is -2.43. The van der Waals surface area contributed by atoms with E-state index >= 15 is 0 Å². The molecule has 2 fully saturated rings. The van der Waals surface area contributed by atoms with Crippen molar-refractivity contribution in [2.45, 2.75) is 70.7 Å². The maximum atomic E-state index is 9.52. The Bertz CT molecular complexity index is 1140. The van der Waals surface area contributed by atoms with Crippen molar-refractivity contribution in [3.8, 4) is 11.1 Å². The zero-order valence-electron chi connectivity index (χ0n) is 22.6. The highest BCUT2D eigenvalue weighted by Gasteiger charge is 2.39. The monoisotopic (exact) mass is 514 g/mol. The van der Waals surface area contributed by atoms with Gasteiger partial charge in [-0.05, 0) is 53.7 Å². The van der Waals surface area contributed by atoms with Crippen molar-refractivity contribution in [2.75, 3.05) is 19.6 Å². The van der Waals surface area contributed by atoms with Gasteiger partial charge in [0.05, 0.1) is 18.8 Å². The number of hydrogen-bond donors (Lipinski definition) is 2. The Kier molecular flexibility index (Phi) is 9.26. The molecule has 3 aromatic carbocycles. The molecule has 0 aliphatic carbocycles. The summed E-state index contributed by atoms with van der Waals surface area (Å²) in [5, 5.41) is 9.52. The van der Waals surface area contributed by atoms with Crippen molar-refractivity contribution < 1.29 is 14.6 Å². The van der Waals surface area contributed by atoms with Crippen LogP contribution in [0.5, 0.6) is 0 Å². The summed E-state index contributed by atoms with van der Waals surface area (Å²) in [6.45, 7) is 6.02. The minimum absolute atomic E-state index is 0.0459. The molecule has 5 rings (SSSR count). The molecule has 0 radical (unpaired) electrons. The van der Waals surface area contributed by atoms with Crippen LogP contribution in [-0.2, 0) is 22.6 Å². The summed E-state index contributed by atoms with van der Waals surface area (Å²) in [4.78, 5) is 2.60.